The van der Waals surface area contributed by atoms with E-state index in [2.05, 4.69) is 22.4 Å². The highest BCUT2D eigenvalue weighted by Gasteiger charge is 2.25. The molecular weight excluding hydrogens is 234 g/mol. The summed E-state index contributed by atoms with van der Waals surface area (Å²) in [5, 5.41) is 2.24. The number of rotatable bonds is 3. The van der Waals surface area contributed by atoms with Gasteiger partial charge in [-0.3, -0.25) is 0 Å². The second-order valence-electron chi connectivity index (χ2n) is 4.57. The molecule has 0 heterocycles. The molecule has 0 fully saturated rings. The fourth-order valence-corrected chi connectivity index (χ4v) is 1.41. The van der Waals surface area contributed by atoms with E-state index in [9.17, 15) is 4.79 Å². The number of ether oxygens (including phenoxy) is 1. The number of carbonyl (C=O) groups is 1. The highest BCUT2D eigenvalue weighted by Crippen LogP contribution is 2.21. The van der Waals surface area contributed by atoms with Gasteiger partial charge in [-0.2, -0.15) is 0 Å². The standard InChI is InChI=1S/C13H15NO2S/c1-13(2,3)16-12(15)11(14-9-17)10-7-5-4-6-8-10/h4-8,11H,1-3H3/t11-/m0/s1. The van der Waals surface area contributed by atoms with Gasteiger partial charge >= 0.3 is 5.97 Å². The van der Waals surface area contributed by atoms with Crippen molar-refractivity contribution in [3.05, 3.63) is 35.9 Å². The second kappa shape index (κ2) is 5.71. The number of hydrogen-bond donors (Lipinski definition) is 0. The minimum Gasteiger partial charge on any atom is -0.458 e. The Bertz CT molecular complexity index is 430. The molecule has 0 spiro atoms. The molecule has 0 amide bonds. The zero-order valence-electron chi connectivity index (χ0n) is 10.1. The summed E-state index contributed by atoms with van der Waals surface area (Å²) in [6, 6.07) is 8.44. The van der Waals surface area contributed by atoms with E-state index in [4.69, 9.17) is 4.74 Å². The average Bonchev–Trinajstić information content (AvgIpc) is 2.24. The van der Waals surface area contributed by atoms with Crippen LogP contribution >= 0.6 is 12.2 Å². The van der Waals surface area contributed by atoms with Gasteiger partial charge in [-0.15, -0.1) is 0 Å². The van der Waals surface area contributed by atoms with Crippen molar-refractivity contribution in [2.45, 2.75) is 32.4 Å². The summed E-state index contributed by atoms with van der Waals surface area (Å²) < 4.78 is 5.29. The topological polar surface area (TPSA) is 38.7 Å². The van der Waals surface area contributed by atoms with Crippen molar-refractivity contribution in [2.24, 2.45) is 4.99 Å². The Balaban J connectivity index is 2.95. The van der Waals surface area contributed by atoms with Crippen molar-refractivity contribution < 1.29 is 9.53 Å². The number of thiocarbonyl (C=S) groups is 1. The molecule has 3 nitrogen and oxygen atoms in total. The van der Waals surface area contributed by atoms with E-state index in [0.717, 1.165) is 5.56 Å². The molecule has 0 N–H and O–H groups in total. The molecule has 1 rings (SSSR count). The van der Waals surface area contributed by atoms with Crippen LogP contribution in [0.3, 0.4) is 0 Å². The molecule has 17 heavy (non-hydrogen) atoms. The predicted octanol–water partition coefficient (Wildman–Crippen LogP) is 3.17. The minimum atomic E-state index is -0.729. The highest BCUT2D eigenvalue weighted by atomic mass is 32.1. The molecule has 0 radical (unpaired) electrons. The van der Waals surface area contributed by atoms with E-state index in [1.807, 2.05) is 51.1 Å². The van der Waals surface area contributed by atoms with Crippen molar-refractivity contribution in [1.82, 2.24) is 0 Å². The number of carbonyl (C=O) groups excluding carboxylic acids is 1. The van der Waals surface area contributed by atoms with Gasteiger partial charge in [0.25, 0.3) is 0 Å². The summed E-state index contributed by atoms with van der Waals surface area (Å²) in [5.41, 5.74) is 0.209. The summed E-state index contributed by atoms with van der Waals surface area (Å²) in [6.45, 7) is 5.44. The number of nitrogens with zero attached hydrogens (tertiary/aromatic N) is 1. The van der Waals surface area contributed by atoms with Gasteiger partial charge in [0.15, 0.2) is 6.04 Å². The van der Waals surface area contributed by atoms with Gasteiger partial charge in [-0.05, 0) is 38.6 Å². The van der Waals surface area contributed by atoms with E-state index in [-0.39, 0.29) is 0 Å². The highest BCUT2D eigenvalue weighted by molar-refractivity contribution is 7.78. The lowest BCUT2D eigenvalue weighted by molar-refractivity contribution is -0.156. The Labute approximate surface area is 107 Å². The smallest absolute Gasteiger partial charge is 0.336 e. The van der Waals surface area contributed by atoms with E-state index >= 15 is 0 Å². The average molecular weight is 249 g/mol. The van der Waals surface area contributed by atoms with Crippen LogP contribution in [0.4, 0.5) is 0 Å². The van der Waals surface area contributed by atoms with Crippen molar-refractivity contribution in [3.63, 3.8) is 0 Å². The van der Waals surface area contributed by atoms with Crippen molar-refractivity contribution in [2.75, 3.05) is 0 Å². The quantitative estimate of drug-likeness (QED) is 0.469. The monoisotopic (exact) mass is 249 g/mol. The van der Waals surface area contributed by atoms with Gasteiger partial charge in [0.05, 0.1) is 5.16 Å². The van der Waals surface area contributed by atoms with Crippen LogP contribution in [0.1, 0.15) is 32.4 Å². The number of esters is 1. The molecule has 0 saturated heterocycles. The van der Waals surface area contributed by atoms with E-state index in [0.29, 0.717) is 0 Å². The molecule has 0 unspecified atom stereocenters. The first-order valence-electron chi connectivity index (χ1n) is 5.29. The molecule has 0 saturated carbocycles. The minimum absolute atomic E-state index is 0.416. The third-order valence-corrected chi connectivity index (χ3v) is 2.03. The van der Waals surface area contributed by atoms with Crippen LogP contribution in [0.5, 0.6) is 0 Å². The Morgan fingerprint density at radius 1 is 1.35 bits per heavy atom. The molecule has 1 atom stereocenters. The van der Waals surface area contributed by atoms with Gasteiger partial charge in [-0.1, -0.05) is 30.3 Å². The van der Waals surface area contributed by atoms with Crippen molar-refractivity contribution in [1.29, 1.82) is 0 Å². The molecule has 1 aromatic rings. The summed E-state index contributed by atoms with van der Waals surface area (Å²) in [4.78, 5) is 15.8. The number of aliphatic imine (C=N–C) groups is 1. The Hall–Kier alpha value is -1.51. The van der Waals surface area contributed by atoms with Gasteiger partial charge in [0.2, 0.25) is 0 Å². The predicted molar refractivity (Wildman–Crippen MR) is 70.1 cm³/mol. The van der Waals surface area contributed by atoms with Crippen LogP contribution < -0.4 is 0 Å². The van der Waals surface area contributed by atoms with Crippen LogP contribution in [0.25, 0.3) is 0 Å². The van der Waals surface area contributed by atoms with Crippen LogP contribution in [-0.4, -0.2) is 16.7 Å². The third-order valence-electron chi connectivity index (χ3n) is 1.93. The molecule has 0 bridgehead atoms. The van der Waals surface area contributed by atoms with Gasteiger partial charge in [0, 0.05) is 0 Å². The maximum Gasteiger partial charge on any atom is 0.336 e. The number of isothiocyanates is 1. The zero-order valence-corrected chi connectivity index (χ0v) is 11.0. The van der Waals surface area contributed by atoms with Crippen molar-refractivity contribution in [3.8, 4) is 0 Å². The molecule has 90 valence electrons. The lowest BCUT2D eigenvalue weighted by Crippen LogP contribution is -2.27. The van der Waals surface area contributed by atoms with Crippen LogP contribution in [0, 0.1) is 0 Å². The normalized spacial score (nSPS) is 12.4. The van der Waals surface area contributed by atoms with Gasteiger partial charge in [-0.25, -0.2) is 9.79 Å². The molecule has 0 aliphatic heterocycles. The Morgan fingerprint density at radius 3 is 2.41 bits per heavy atom. The maximum absolute atomic E-state index is 11.9. The van der Waals surface area contributed by atoms with Crippen LogP contribution in [-0.2, 0) is 9.53 Å². The number of benzene rings is 1. The van der Waals surface area contributed by atoms with Crippen molar-refractivity contribution >= 4 is 23.3 Å². The van der Waals surface area contributed by atoms with E-state index in [1.54, 1.807) is 0 Å². The first-order chi connectivity index (χ1) is 7.94. The summed E-state index contributed by atoms with van der Waals surface area (Å²) in [6.07, 6.45) is 0. The lowest BCUT2D eigenvalue weighted by Gasteiger charge is -2.21. The molecule has 1 aromatic carbocycles. The SMILES string of the molecule is CC(C)(C)OC(=O)[C@@H](N=C=S)c1ccccc1. The zero-order chi connectivity index (χ0) is 12.9. The lowest BCUT2D eigenvalue weighted by atomic mass is 10.1. The fraction of sp³-hybridized carbons (Fsp3) is 0.385. The van der Waals surface area contributed by atoms with E-state index < -0.39 is 17.6 Å². The second-order valence-corrected chi connectivity index (χ2v) is 4.75. The molecule has 0 aliphatic rings. The molecule has 0 aromatic heterocycles. The van der Waals surface area contributed by atoms with Crippen LogP contribution in [0.2, 0.25) is 0 Å². The molecule has 4 heteroatoms. The largest absolute Gasteiger partial charge is 0.458 e. The fourth-order valence-electron chi connectivity index (χ4n) is 1.31. The summed E-state index contributed by atoms with van der Waals surface area (Å²) in [5.74, 6) is -0.416. The van der Waals surface area contributed by atoms with Gasteiger partial charge in [0.1, 0.15) is 5.60 Å². The van der Waals surface area contributed by atoms with E-state index in [1.165, 1.54) is 0 Å². The Morgan fingerprint density at radius 2 is 1.94 bits per heavy atom. The summed E-state index contributed by atoms with van der Waals surface area (Å²) in [7, 11) is 0. The number of hydrogen-bond acceptors (Lipinski definition) is 4. The molecular formula is C13H15NO2S. The first kappa shape index (κ1) is 13.6. The third kappa shape index (κ3) is 4.47. The Kier molecular flexibility index (Phi) is 4.55. The maximum atomic E-state index is 11.9. The van der Waals surface area contributed by atoms with Crippen LogP contribution in [0.15, 0.2) is 35.3 Å². The first-order valence-corrected chi connectivity index (χ1v) is 5.69. The van der Waals surface area contributed by atoms with Gasteiger partial charge < -0.3 is 4.74 Å². The molecule has 0 aliphatic carbocycles. The summed E-state index contributed by atoms with van der Waals surface area (Å²) >= 11 is 4.56.